The molecule has 0 radical (unpaired) electrons. The maximum Gasteiger partial charge on any atom is 0.234 e. The van der Waals surface area contributed by atoms with Crippen molar-refractivity contribution in [3.8, 4) is 11.1 Å². The van der Waals surface area contributed by atoms with Crippen molar-refractivity contribution in [3.05, 3.63) is 43.7 Å². The fraction of sp³-hybridized carbons (Fsp3) is 0.333. The zero-order chi connectivity index (χ0) is 17.4. The zero-order valence-electron chi connectivity index (χ0n) is 13.7. The van der Waals surface area contributed by atoms with Gasteiger partial charge in [0.25, 0.3) is 0 Å². The van der Waals surface area contributed by atoms with Gasteiger partial charge in [0.15, 0.2) is 0 Å². The van der Waals surface area contributed by atoms with Crippen LogP contribution in [-0.4, -0.2) is 22.5 Å². The minimum Gasteiger partial charge on any atom is -0.396 e. The molecule has 0 fully saturated rings. The second-order valence-electron chi connectivity index (χ2n) is 5.80. The number of anilines is 1. The molecule has 1 heterocycles. The van der Waals surface area contributed by atoms with E-state index in [4.69, 9.17) is 10.8 Å². The lowest BCUT2D eigenvalue weighted by molar-refractivity contribution is 0.289. The second kappa shape index (κ2) is 6.45. The second-order valence-corrected chi connectivity index (χ2v) is 7.07. The molecule has 126 valence electrons. The van der Waals surface area contributed by atoms with E-state index in [0.717, 1.165) is 32.7 Å². The number of rotatable bonds is 6. The highest BCUT2D eigenvalue weighted by Crippen LogP contribution is 2.40. The van der Waals surface area contributed by atoms with E-state index in [-0.39, 0.29) is 6.61 Å². The molecule has 0 saturated heterocycles. The normalized spacial score (nSPS) is 11.6. The summed E-state index contributed by atoms with van der Waals surface area (Å²) in [7, 11) is 0. The summed E-state index contributed by atoms with van der Waals surface area (Å²) in [4.78, 5) is 27.8. The first-order valence-corrected chi connectivity index (χ1v) is 8.96. The van der Waals surface area contributed by atoms with Crippen molar-refractivity contribution >= 4 is 28.5 Å². The number of aliphatic hydroxyl groups is 1. The van der Waals surface area contributed by atoms with Gasteiger partial charge in [0.05, 0.1) is 0 Å². The Hall–Kier alpha value is -2.05. The van der Waals surface area contributed by atoms with Crippen LogP contribution in [0.3, 0.4) is 0 Å². The molecule has 0 atom stereocenters. The number of fused-ring (bicyclic) bond motifs is 1. The summed E-state index contributed by atoms with van der Waals surface area (Å²) >= 11 is 1.64. The van der Waals surface area contributed by atoms with Crippen LogP contribution in [0.15, 0.2) is 26.6 Å². The van der Waals surface area contributed by atoms with E-state index in [1.807, 2.05) is 19.1 Å². The Balaban J connectivity index is 2.30. The number of aromatic nitrogens is 1. The fourth-order valence-electron chi connectivity index (χ4n) is 3.18. The van der Waals surface area contributed by atoms with Crippen molar-refractivity contribution in [2.75, 3.05) is 18.1 Å². The van der Waals surface area contributed by atoms with Crippen LogP contribution in [0.1, 0.15) is 24.5 Å². The first-order valence-electron chi connectivity index (χ1n) is 7.98. The molecule has 0 aliphatic rings. The first-order chi connectivity index (χ1) is 11.5. The lowest BCUT2D eigenvalue weighted by Gasteiger charge is -2.14. The van der Waals surface area contributed by atoms with Gasteiger partial charge in [-0.3, -0.25) is 9.59 Å². The van der Waals surface area contributed by atoms with Crippen molar-refractivity contribution in [2.24, 2.45) is 0 Å². The van der Waals surface area contributed by atoms with E-state index < -0.39 is 10.9 Å². The molecule has 0 unspecified atom stereocenters. The summed E-state index contributed by atoms with van der Waals surface area (Å²) < 4.78 is 0. The molecule has 0 amide bonds. The summed E-state index contributed by atoms with van der Waals surface area (Å²) in [5.74, 6) is 1.43. The Labute approximate surface area is 143 Å². The monoisotopic (exact) mass is 344 g/mol. The molecular weight excluding hydrogens is 324 g/mol. The van der Waals surface area contributed by atoms with Gasteiger partial charge in [-0.25, -0.2) is 0 Å². The summed E-state index contributed by atoms with van der Waals surface area (Å²) in [6, 6.07) is 3.79. The number of hydrogen-bond acceptors (Lipinski definition) is 5. The van der Waals surface area contributed by atoms with Crippen LogP contribution in [0.2, 0.25) is 0 Å². The molecule has 0 bridgehead atoms. The van der Waals surface area contributed by atoms with Gasteiger partial charge >= 0.3 is 0 Å². The van der Waals surface area contributed by atoms with E-state index in [0.29, 0.717) is 29.8 Å². The van der Waals surface area contributed by atoms with Crippen LogP contribution < -0.4 is 16.6 Å². The SMILES string of the molecule is CCSc1c(-c2c(C)c(=O)c2=O)ccc2[nH]c(N)c(CCCO)c12. The molecule has 1 aromatic heterocycles. The molecule has 0 aliphatic carbocycles. The van der Waals surface area contributed by atoms with Gasteiger partial charge < -0.3 is 15.8 Å². The third kappa shape index (κ3) is 2.46. The van der Waals surface area contributed by atoms with Crippen LogP contribution >= 0.6 is 11.8 Å². The summed E-state index contributed by atoms with van der Waals surface area (Å²) in [6.45, 7) is 3.84. The van der Waals surface area contributed by atoms with Crippen LogP contribution in [0.25, 0.3) is 22.0 Å². The predicted molar refractivity (Wildman–Crippen MR) is 99.6 cm³/mol. The molecular formula is C18H20N2O3S. The standard InChI is InChI=1S/C18H20N2O3S/c1-3-24-17-10(13-9(2)15(22)16(13)23)6-7-12-14(17)11(5-4-8-21)18(19)20-12/h6-7,20-21H,3-5,8,19H2,1-2H3. The fourth-order valence-corrected chi connectivity index (χ4v) is 4.17. The smallest absolute Gasteiger partial charge is 0.234 e. The van der Waals surface area contributed by atoms with Gasteiger partial charge in [0, 0.05) is 44.7 Å². The van der Waals surface area contributed by atoms with Crippen molar-refractivity contribution in [1.82, 2.24) is 4.98 Å². The van der Waals surface area contributed by atoms with Gasteiger partial charge in [0.2, 0.25) is 10.9 Å². The van der Waals surface area contributed by atoms with E-state index in [1.54, 1.807) is 18.7 Å². The Morgan fingerprint density at radius 2 is 2.00 bits per heavy atom. The number of aryl methyl sites for hydroxylation is 1. The number of hydrogen-bond donors (Lipinski definition) is 3. The van der Waals surface area contributed by atoms with Crippen molar-refractivity contribution in [2.45, 2.75) is 31.6 Å². The highest BCUT2D eigenvalue weighted by molar-refractivity contribution is 7.99. The largest absolute Gasteiger partial charge is 0.396 e. The van der Waals surface area contributed by atoms with Crippen LogP contribution in [-0.2, 0) is 6.42 Å². The van der Waals surface area contributed by atoms with E-state index >= 15 is 0 Å². The topological polar surface area (TPSA) is 96.2 Å². The molecule has 24 heavy (non-hydrogen) atoms. The number of benzene rings is 1. The minimum atomic E-state index is -0.412. The van der Waals surface area contributed by atoms with Gasteiger partial charge in [-0.15, -0.1) is 11.8 Å². The number of thioether (sulfide) groups is 1. The molecule has 4 N–H and O–H groups in total. The number of nitrogen functional groups attached to an aromatic ring is 1. The number of nitrogens with two attached hydrogens (primary N) is 1. The Kier molecular flexibility index (Phi) is 4.51. The molecule has 2 aromatic carbocycles. The number of aliphatic hydroxyl groups excluding tert-OH is 1. The maximum atomic E-state index is 12.0. The van der Waals surface area contributed by atoms with E-state index in [1.165, 1.54) is 0 Å². The van der Waals surface area contributed by atoms with Crippen LogP contribution in [0.5, 0.6) is 0 Å². The number of nitrogens with one attached hydrogen (secondary N) is 1. The van der Waals surface area contributed by atoms with Crippen molar-refractivity contribution < 1.29 is 5.11 Å². The van der Waals surface area contributed by atoms with Gasteiger partial charge in [0.1, 0.15) is 5.82 Å². The van der Waals surface area contributed by atoms with Crippen LogP contribution in [0.4, 0.5) is 5.82 Å². The highest BCUT2D eigenvalue weighted by atomic mass is 32.2. The maximum absolute atomic E-state index is 12.0. The van der Waals surface area contributed by atoms with Crippen molar-refractivity contribution in [1.29, 1.82) is 0 Å². The predicted octanol–water partition coefficient (Wildman–Crippen LogP) is 2.36. The number of aromatic amines is 1. The summed E-state index contributed by atoms with van der Waals surface area (Å²) in [6.07, 6.45) is 1.28. The molecule has 3 rings (SSSR count). The van der Waals surface area contributed by atoms with Gasteiger partial charge in [-0.2, -0.15) is 0 Å². The Morgan fingerprint density at radius 1 is 1.25 bits per heavy atom. The van der Waals surface area contributed by atoms with E-state index in [9.17, 15) is 9.59 Å². The average molecular weight is 344 g/mol. The average Bonchev–Trinajstić information content (AvgIpc) is 2.90. The molecule has 5 nitrogen and oxygen atoms in total. The lowest BCUT2D eigenvalue weighted by atomic mass is 9.93. The first kappa shape index (κ1) is 16.8. The molecule has 0 saturated carbocycles. The van der Waals surface area contributed by atoms with Gasteiger partial charge in [-0.1, -0.05) is 13.0 Å². The molecule has 0 aliphatic heterocycles. The summed E-state index contributed by atoms with van der Waals surface area (Å²) in [5, 5.41) is 10.1. The van der Waals surface area contributed by atoms with Crippen molar-refractivity contribution in [3.63, 3.8) is 0 Å². The quantitative estimate of drug-likeness (QED) is 0.471. The third-order valence-corrected chi connectivity index (χ3v) is 5.35. The van der Waals surface area contributed by atoms with Gasteiger partial charge in [-0.05, 0) is 31.6 Å². The van der Waals surface area contributed by atoms with E-state index in [2.05, 4.69) is 4.98 Å². The highest BCUT2D eigenvalue weighted by Gasteiger charge is 2.24. The lowest BCUT2D eigenvalue weighted by Crippen LogP contribution is -2.35. The number of H-pyrrole nitrogens is 1. The Bertz CT molecular complexity index is 981. The molecule has 3 aromatic rings. The minimum absolute atomic E-state index is 0.0965. The molecule has 0 spiro atoms. The van der Waals surface area contributed by atoms with Crippen LogP contribution in [0, 0.1) is 6.92 Å². The zero-order valence-corrected chi connectivity index (χ0v) is 14.5. The molecule has 6 heteroatoms. The third-order valence-electron chi connectivity index (χ3n) is 4.35. The summed E-state index contributed by atoms with van der Waals surface area (Å²) in [5.41, 5.74) is 9.05. The Morgan fingerprint density at radius 3 is 2.62 bits per heavy atom.